The first kappa shape index (κ1) is 34.3. The molecule has 2 aromatic carbocycles. The number of carbonyl (C=O) groups excluding carboxylic acids is 4. The smallest absolute Gasteiger partial charge is 0.410 e. The topological polar surface area (TPSA) is 169 Å². The van der Waals surface area contributed by atoms with Gasteiger partial charge in [0.25, 0.3) is 5.91 Å². The highest BCUT2D eigenvalue weighted by Crippen LogP contribution is 2.29. The second kappa shape index (κ2) is 14.0. The molecule has 13 nitrogen and oxygen atoms in total. The molecule has 48 heavy (non-hydrogen) atoms. The fourth-order valence-electron chi connectivity index (χ4n) is 4.78. The van der Waals surface area contributed by atoms with Crippen molar-refractivity contribution in [2.24, 2.45) is 5.92 Å². The van der Waals surface area contributed by atoms with Gasteiger partial charge in [-0.05, 0) is 55.7 Å². The molecule has 4 aromatic rings. The lowest BCUT2D eigenvalue weighted by molar-refractivity contribution is -0.129. The molecule has 0 aliphatic carbocycles. The van der Waals surface area contributed by atoms with Crippen LogP contribution in [0, 0.1) is 5.92 Å². The van der Waals surface area contributed by atoms with Gasteiger partial charge in [0, 0.05) is 43.0 Å². The van der Waals surface area contributed by atoms with Crippen LogP contribution in [0.3, 0.4) is 0 Å². The van der Waals surface area contributed by atoms with Crippen LogP contribution in [0.5, 0.6) is 0 Å². The molecule has 5 rings (SSSR count). The summed E-state index contributed by atoms with van der Waals surface area (Å²) in [4.78, 5) is 55.7. The Kier molecular flexibility index (Phi) is 10.0. The Morgan fingerprint density at radius 3 is 2.35 bits per heavy atom. The number of ether oxygens (including phenoxy) is 1. The van der Waals surface area contributed by atoms with E-state index in [2.05, 4.69) is 20.9 Å². The molecule has 1 aliphatic heterocycles. The van der Waals surface area contributed by atoms with Gasteiger partial charge < -0.3 is 25.6 Å². The highest BCUT2D eigenvalue weighted by Gasteiger charge is 2.37. The molecule has 0 bridgehead atoms. The van der Waals surface area contributed by atoms with Crippen LogP contribution in [0.4, 0.5) is 9.93 Å². The van der Waals surface area contributed by atoms with Gasteiger partial charge in [-0.2, -0.15) is 0 Å². The first-order valence-electron chi connectivity index (χ1n) is 15.0. The van der Waals surface area contributed by atoms with E-state index in [1.165, 1.54) is 34.7 Å². The zero-order valence-electron chi connectivity index (χ0n) is 26.8. The van der Waals surface area contributed by atoms with Crippen LogP contribution in [0.25, 0.3) is 22.4 Å². The molecule has 0 atom stereocenters. The minimum absolute atomic E-state index is 0.111. The lowest BCUT2D eigenvalue weighted by Gasteiger charge is -2.38. The van der Waals surface area contributed by atoms with Gasteiger partial charge in [-0.1, -0.05) is 36.4 Å². The second-order valence-corrected chi connectivity index (χ2v) is 15.1. The number of nitrogens with one attached hydrogen (secondary N) is 3. The number of anilines is 1. The van der Waals surface area contributed by atoms with Crippen LogP contribution >= 0.6 is 11.3 Å². The quantitative estimate of drug-likeness (QED) is 0.225. The number of amides is 4. The lowest BCUT2D eigenvalue weighted by atomic mass is 9.99. The van der Waals surface area contributed by atoms with E-state index < -0.39 is 33.5 Å². The van der Waals surface area contributed by atoms with Crippen LogP contribution in [0.2, 0.25) is 0 Å². The third-order valence-corrected chi connectivity index (χ3v) is 9.01. The number of thiazole rings is 1. The number of carbonyl (C=O) groups is 4. The van der Waals surface area contributed by atoms with Gasteiger partial charge in [0.2, 0.25) is 21.8 Å². The number of likely N-dealkylation sites (tertiary alicyclic amines) is 1. The predicted molar refractivity (Wildman–Crippen MR) is 182 cm³/mol. The normalized spacial score (nSPS) is 13.4. The fourth-order valence-corrected chi connectivity index (χ4v) is 6.10. The summed E-state index contributed by atoms with van der Waals surface area (Å²) in [7, 11) is -3.52. The largest absolute Gasteiger partial charge is 0.444 e. The molecule has 1 aliphatic rings. The van der Waals surface area contributed by atoms with E-state index in [-0.39, 0.29) is 23.9 Å². The molecule has 3 heterocycles. The zero-order valence-corrected chi connectivity index (χ0v) is 28.5. The minimum Gasteiger partial charge on any atom is -0.444 e. The van der Waals surface area contributed by atoms with Crippen molar-refractivity contribution in [3.63, 3.8) is 0 Å². The monoisotopic (exact) mass is 692 g/mol. The third kappa shape index (κ3) is 8.86. The van der Waals surface area contributed by atoms with Gasteiger partial charge in [0.1, 0.15) is 5.60 Å². The fraction of sp³-hybridized carbons (Fsp3) is 0.303. The summed E-state index contributed by atoms with van der Waals surface area (Å²) in [5.74, 6) is -1.45. The van der Waals surface area contributed by atoms with Crippen molar-refractivity contribution in [2.45, 2.75) is 32.9 Å². The molecule has 1 saturated heterocycles. The lowest BCUT2D eigenvalue weighted by Crippen LogP contribution is -2.56. The Bertz CT molecular complexity index is 1960. The highest BCUT2D eigenvalue weighted by atomic mass is 32.2. The average Bonchev–Trinajstić information content (AvgIpc) is 3.68. The minimum atomic E-state index is -3.52. The van der Waals surface area contributed by atoms with E-state index in [4.69, 9.17) is 4.74 Å². The summed E-state index contributed by atoms with van der Waals surface area (Å²) < 4.78 is 29.5. The van der Waals surface area contributed by atoms with Gasteiger partial charge in [-0.3, -0.25) is 18.4 Å². The van der Waals surface area contributed by atoms with Gasteiger partial charge in [0.05, 0.1) is 30.0 Å². The summed E-state index contributed by atoms with van der Waals surface area (Å²) in [5.41, 5.74) is 3.85. The zero-order chi connectivity index (χ0) is 34.6. The van der Waals surface area contributed by atoms with Crippen LogP contribution < -0.4 is 16.0 Å². The van der Waals surface area contributed by atoms with Crippen molar-refractivity contribution < 1.29 is 32.3 Å². The molecule has 15 heteroatoms. The SMILES string of the molecule is CC(C)(C)OC(=O)N1CC(C(=O)NCc2cccc(-c3cccc(-c4csc(NC(=O)CNC(=O)c5ccn(S(C)(=O)=O)c5)n4)c3)c2)C1. The van der Waals surface area contributed by atoms with Crippen LogP contribution in [-0.2, 0) is 30.9 Å². The first-order chi connectivity index (χ1) is 22.6. The molecule has 0 saturated carbocycles. The number of hydrogen-bond acceptors (Lipinski definition) is 9. The molecule has 0 radical (unpaired) electrons. The number of hydrogen-bond donors (Lipinski definition) is 3. The van der Waals surface area contributed by atoms with E-state index in [1.807, 2.05) is 53.9 Å². The number of benzene rings is 2. The Balaban J connectivity index is 1.13. The molecule has 3 N–H and O–H groups in total. The van der Waals surface area contributed by atoms with Crippen molar-refractivity contribution in [1.82, 2.24) is 24.5 Å². The third-order valence-electron chi connectivity index (χ3n) is 7.26. The molecule has 252 valence electrons. The molecular formula is C33H36N6O7S2. The Labute approximate surface area is 282 Å². The van der Waals surface area contributed by atoms with Gasteiger partial charge >= 0.3 is 6.09 Å². The Hall–Kier alpha value is -5.02. The summed E-state index contributed by atoms with van der Waals surface area (Å²) in [6.07, 6.45) is 3.04. The second-order valence-electron chi connectivity index (χ2n) is 12.3. The van der Waals surface area contributed by atoms with Crippen molar-refractivity contribution in [1.29, 1.82) is 0 Å². The summed E-state index contributed by atoms with van der Waals surface area (Å²) in [6.45, 7) is 6.09. The van der Waals surface area contributed by atoms with E-state index in [0.29, 0.717) is 30.5 Å². The summed E-state index contributed by atoms with van der Waals surface area (Å²) in [6, 6.07) is 17.0. The average molecular weight is 693 g/mol. The standard InChI is InChI=1S/C33H36N6O7S2/c1-33(2,3)46-32(43)38-17-26(18-38)30(42)34-15-21-7-5-8-22(13-21)23-9-6-10-24(14-23)27-20-47-31(36-27)37-28(40)16-35-29(41)25-11-12-39(19-25)48(4,44)45/h5-14,19-20,26H,15-18H2,1-4H3,(H,34,42)(H,35,41)(H,36,37,40). The number of rotatable bonds is 10. The van der Waals surface area contributed by atoms with Crippen molar-refractivity contribution in [3.8, 4) is 22.4 Å². The van der Waals surface area contributed by atoms with Gasteiger partial charge in [0.15, 0.2) is 5.13 Å². The number of nitrogens with zero attached hydrogens (tertiary/aromatic N) is 3. The first-order valence-corrected chi connectivity index (χ1v) is 17.7. The molecular weight excluding hydrogens is 657 g/mol. The van der Waals surface area contributed by atoms with Gasteiger partial charge in [-0.25, -0.2) is 18.2 Å². The van der Waals surface area contributed by atoms with Crippen molar-refractivity contribution >= 4 is 50.3 Å². The van der Waals surface area contributed by atoms with Crippen molar-refractivity contribution in [2.75, 3.05) is 31.2 Å². The van der Waals surface area contributed by atoms with E-state index >= 15 is 0 Å². The van der Waals surface area contributed by atoms with E-state index in [1.54, 1.807) is 20.8 Å². The Morgan fingerprint density at radius 2 is 1.67 bits per heavy atom. The van der Waals surface area contributed by atoms with Gasteiger partial charge in [-0.15, -0.1) is 11.3 Å². The molecule has 2 aromatic heterocycles. The van der Waals surface area contributed by atoms with E-state index in [0.717, 1.165) is 32.5 Å². The maximum absolute atomic E-state index is 12.7. The molecule has 0 unspecified atom stereocenters. The summed E-state index contributed by atoms with van der Waals surface area (Å²) in [5, 5.41) is 10.3. The summed E-state index contributed by atoms with van der Waals surface area (Å²) >= 11 is 1.24. The molecule has 1 fully saturated rings. The maximum atomic E-state index is 12.7. The van der Waals surface area contributed by atoms with E-state index in [9.17, 15) is 27.6 Å². The van der Waals surface area contributed by atoms with Crippen molar-refractivity contribution in [3.05, 3.63) is 83.5 Å². The van der Waals surface area contributed by atoms with Crippen LogP contribution in [-0.4, -0.2) is 77.6 Å². The van der Waals surface area contributed by atoms with Crippen LogP contribution in [0.1, 0.15) is 36.7 Å². The Morgan fingerprint density at radius 1 is 0.979 bits per heavy atom. The maximum Gasteiger partial charge on any atom is 0.410 e. The molecule has 0 spiro atoms. The highest BCUT2D eigenvalue weighted by molar-refractivity contribution is 7.89. The molecule has 4 amide bonds. The number of aromatic nitrogens is 2. The predicted octanol–water partition coefficient (Wildman–Crippen LogP) is 3.94. The van der Waals surface area contributed by atoms with Crippen LogP contribution in [0.15, 0.2) is 72.4 Å².